The molecule has 40 heavy (non-hydrogen) atoms. The van der Waals surface area contributed by atoms with E-state index in [1.807, 2.05) is 0 Å². The van der Waals surface area contributed by atoms with E-state index in [4.69, 9.17) is 9.47 Å². The van der Waals surface area contributed by atoms with Crippen molar-refractivity contribution in [2.24, 2.45) is 5.10 Å². The van der Waals surface area contributed by atoms with Crippen LogP contribution in [0.15, 0.2) is 105 Å². The van der Waals surface area contributed by atoms with Gasteiger partial charge in [-0.25, -0.2) is 15.0 Å². The molecular formula is C28H17Br2N3O7. The molecule has 4 aromatic rings. The van der Waals surface area contributed by atoms with Crippen molar-refractivity contribution >= 4 is 61.6 Å². The first-order valence-corrected chi connectivity index (χ1v) is 13.0. The van der Waals surface area contributed by atoms with Gasteiger partial charge in [-0.1, -0.05) is 37.9 Å². The molecule has 4 aromatic carbocycles. The van der Waals surface area contributed by atoms with E-state index in [0.717, 1.165) is 15.0 Å². The Hall–Kier alpha value is -4.68. The first-order chi connectivity index (χ1) is 19.2. The maximum atomic E-state index is 12.8. The fourth-order valence-corrected chi connectivity index (χ4v) is 3.78. The predicted molar refractivity (Wildman–Crippen MR) is 153 cm³/mol. The Balaban J connectivity index is 1.55. The van der Waals surface area contributed by atoms with E-state index >= 15 is 0 Å². The molecule has 1 N–H and O–H groups in total. The van der Waals surface area contributed by atoms with Crippen molar-refractivity contribution in [2.75, 3.05) is 0 Å². The number of hydrogen-bond acceptors (Lipinski definition) is 8. The summed E-state index contributed by atoms with van der Waals surface area (Å²) in [6, 6.07) is 22.6. The molecule has 0 aliphatic heterocycles. The summed E-state index contributed by atoms with van der Waals surface area (Å²) in [6.07, 6.45) is 1.27. The van der Waals surface area contributed by atoms with Gasteiger partial charge in [-0.15, -0.1) is 0 Å². The lowest BCUT2D eigenvalue weighted by molar-refractivity contribution is -0.384. The van der Waals surface area contributed by atoms with Crippen molar-refractivity contribution < 1.29 is 28.8 Å². The highest BCUT2D eigenvalue weighted by atomic mass is 79.9. The molecule has 0 aliphatic rings. The highest BCUT2D eigenvalue weighted by Gasteiger charge is 2.17. The lowest BCUT2D eigenvalue weighted by Gasteiger charge is -2.12. The van der Waals surface area contributed by atoms with Gasteiger partial charge in [-0.05, 0) is 78.4 Å². The molecule has 1 amide bonds. The largest absolute Gasteiger partial charge is 0.419 e. The van der Waals surface area contributed by atoms with E-state index in [9.17, 15) is 24.5 Å². The Morgan fingerprint density at radius 2 is 1.32 bits per heavy atom. The molecule has 0 unspecified atom stereocenters. The van der Waals surface area contributed by atoms with Crippen LogP contribution >= 0.6 is 31.9 Å². The van der Waals surface area contributed by atoms with Crippen LogP contribution < -0.4 is 14.9 Å². The van der Waals surface area contributed by atoms with Gasteiger partial charge in [0, 0.05) is 26.6 Å². The molecule has 0 aliphatic carbocycles. The van der Waals surface area contributed by atoms with Gasteiger partial charge in [0.15, 0.2) is 11.5 Å². The average Bonchev–Trinajstić information content (AvgIpc) is 2.95. The molecule has 0 fully saturated rings. The van der Waals surface area contributed by atoms with Crippen LogP contribution in [0.3, 0.4) is 0 Å². The third kappa shape index (κ3) is 7.46. The quantitative estimate of drug-likeness (QED) is 0.0763. The molecule has 10 nitrogen and oxygen atoms in total. The molecule has 200 valence electrons. The number of nitrogens with one attached hydrogen (secondary N) is 1. The second kappa shape index (κ2) is 12.9. The van der Waals surface area contributed by atoms with Gasteiger partial charge < -0.3 is 9.47 Å². The minimum atomic E-state index is -0.693. The third-order valence-electron chi connectivity index (χ3n) is 5.23. The first kappa shape index (κ1) is 28.3. The normalized spacial score (nSPS) is 10.7. The summed E-state index contributed by atoms with van der Waals surface area (Å²) in [6.45, 7) is 0. The average molecular weight is 667 g/mol. The smallest absolute Gasteiger partial charge is 0.343 e. The van der Waals surface area contributed by atoms with Gasteiger partial charge in [0.25, 0.3) is 11.6 Å². The minimum Gasteiger partial charge on any atom is -0.419 e. The van der Waals surface area contributed by atoms with Crippen LogP contribution in [0.25, 0.3) is 0 Å². The number of benzene rings is 4. The van der Waals surface area contributed by atoms with Gasteiger partial charge in [0.05, 0.1) is 22.3 Å². The molecule has 0 bridgehead atoms. The number of nitro groups is 1. The second-order valence-electron chi connectivity index (χ2n) is 8.01. The van der Waals surface area contributed by atoms with Crippen molar-refractivity contribution in [3.8, 4) is 11.5 Å². The predicted octanol–water partition coefficient (Wildman–Crippen LogP) is 6.32. The summed E-state index contributed by atoms with van der Waals surface area (Å²) in [5.74, 6) is -2.11. The van der Waals surface area contributed by atoms with Gasteiger partial charge >= 0.3 is 11.9 Å². The van der Waals surface area contributed by atoms with Crippen molar-refractivity contribution in [1.29, 1.82) is 0 Å². The fourth-order valence-electron chi connectivity index (χ4n) is 3.25. The lowest BCUT2D eigenvalue weighted by atomic mass is 10.2. The molecule has 0 heterocycles. The molecule has 0 saturated carbocycles. The van der Waals surface area contributed by atoms with Crippen LogP contribution in [-0.4, -0.2) is 29.0 Å². The monoisotopic (exact) mass is 665 g/mol. The topological polar surface area (TPSA) is 137 Å². The standard InChI is InChI=1S/C28H17Br2N3O7/c29-21-9-5-18(6-10-21)27(35)39-24-13-4-17(14-25(24)40-28(36)19-7-11-22(30)12-8-19)16-31-32-26(34)20-2-1-3-23(15-20)33(37)38/h1-16H,(H,32,34)/b31-16-. The van der Waals surface area contributed by atoms with Crippen LogP contribution in [0.2, 0.25) is 0 Å². The van der Waals surface area contributed by atoms with Crippen molar-refractivity contribution in [3.63, 3.8) is 0 Å². The Bertz CT molecular complexity index is 1620. The highest BCUT2D eigenvalue weighted by Crippen LogP contribution is 2.30. The number of halogens is 2. The molecular weight excluding hydrogens is 650 g/mol. The lowest BCUT2D eigenvalue weighted by Crippen LogP contribution is -2.17. The Morgan fingerprint density at radius 1 is 0.750 bits per heavy atom. The number of amides is 1. The molecule has 0 aromatic heterocycles. The summed E-state index contributed by atoms with van der Waals surface area (Å²) in [4.78, 5) is 48.2. The number of hydrogen-bond donors (Lipinski definition) is 1. The number of nitro benzene ring substituents is 1. The maximum absolute atomic E-state index is 12.8. The zero-order valence-corrected chi connectivity index (χ0v) is 23.4. The zero-order chi connectivity index (χ0) is 28.6. The summed E-state index contributed by atoms with van der Waals surface area (Å²) in [7, 11) is 0. The zero-order valence-electron chi connectivity index (χ0n) is 20.2. The number of rotatable bonds is 8. The van der Waals surface area contributed by atoms with E-state index < -0.39 is 22.8 Å². The third-order valence-corrected chi connectivity index (χ3v) is 6.29. The Kier molecular flexibility index (Phi) is 9.15. The highest BCUT2D eigenvalue weighted by molar-refractivity contribution is 9.10. The molecule has 0 radical (unpaired) electrons. The maximum Gasteiger partial charge on any atom is 0.343 e. The number of carbonyl (C=O) groups excluding carboxylic acids is 3. The van der Waals surface area contributed by atoms with Crippen LogP contribution in [0.1, 0.15) is 36.6 Å². The van der Waals surface area contributed by atoms with E-state index in [-0.39, 0.29) is 33.9 Å². The Morgan fingerprint density at radius 3 is 1.90 bits per heavy atom. The van der Waals surface area contributed by atoms with Crippen LogP contribution in [-0.2, 0) is 0 Å². The summed E-state index contributed by atoms with van der Waals surface area (Å²) in [5, 5.41) is 14.8. The van der Waals surface area contributed by atoms with Gasteiger partial charge in [0.2, 0.25) is 0 Å². The fraction of sp³-hybridized carbons (Fsp3) is 0. The SMILES string of the molecule is O=C(N/N=C\c1ccc(OC(=O)c2ccc(Br)cc2)c(OC(=O)c2ccc(Br)cc2)c1)c1cccc([N+](=O)[O-])c1. The number of non-ortho nitro benzene ring substituents is 1. The van der Waals surface area contributed by atoms with Gasteiger partial charge in [-0.2, -0.15) is 5.10 Å². The summed E-state index contributed by atoms with van der Waals surface area (Å²) >= 11 is 6.62. The van der Waals surface area contributed by atoms with Crippen molar-refractivity contribution in [2.45, 2.75) is 0 Å². The summed E-state index contributed by atoms with van der Waals surface area (Å²) in [5.41, 5.74) is 3.03. The molecule has 0 saturated heterocycles. The minimum absolute atomic E-state index is 0.0174. The number of nitrogens with zero attached hydrogens (tertiary/aromatic N) is 2. The first-order valence-electron chi connectivity index (χ1n) is 11.4. The molecule has 12 heteroatoms. The Labute approximate surface area is 244 Å². The molecule has 0 spiro atoms. The summed E-state index contributed by atoms with van der Waals surface area (Å²) < 4.78 is 12.6. The van der Waals surface area contributed by atoms with Crippen molar-refractivity contribution in [3.05, 3.63) is 132 Å². The van der Waals surface area contributed by atoms with Crippen LogP contribution in [0.5, 0.6) is 11.5 Å². The van der Waals surface area contributed by atoms with E-state index in [2.05, 4.69) is 42.4 Å². The van der Waals surface area contributed by atoms with Gasteiger partial charge in [-0.3, -0.25) is 14.9 Å². The van der Waals surface area contributed by atoms with Gasteiger partial charge in [0.1, 0.15) is 0 Å². The van der Waals surface area contributed by atoms with E-state index in [1.54, 1.807) is 48.5 Å². The van der Waals surface area contributed by atoms with Crippen LogP contribution in [0, 0.1) is 10.1 Å². The number of hydrazone groups is 1. The second-order valence-corrected chi connectivity index (χ2v) is 9.84. The number of carbonyl (C=O) groups is 3. The van der Waals surface area contributed by atoms with E-state index in [1.165, 1.54) is 42.6 Å². The van der Waals surface area contributed by atoms with E-state index in [0.29, 0.717) is 5.56 Å². The molecule has 0 atom stereocenters. The van der Waals surface area contributed by atoms with Crippen LogP contribution in [0.4, 0.5) is 5.69 Å². The molecule has 4 rings (SSSR count). The number of ether oxygens (including phenoxy) is 2. The number of esters is 2. The van der Waals surface area contributed by atoms with Crippen molar-refractivity contribution in [1.82, 2.24) is 5.43 Å².